The first-order valence-electron chi connectivity index (χ1n) is 9.72. The smallest absolute Gasteiger partial charge is 0.254 e. The summed E-state index contributed by atoms with van der Waals surface area (Å²) >= 11 is 0. The topological polar surface area (TPSA) is 71.5 Å². The summed E-state index contributed by atoms with van der Waals surface area (Å²) in [5.74, 6) is -0.137. The first-order chi connectivity index (χ1) is 13.6. The molecule has 6 heteroatoms. The van der Waals surface area contributed by atoms with Gasteiger partial charge in [-0.3, -0.25) is 14.6 Å². The Bertz CT molecular complexity index is 825. The van der Waals surface area contributed by atoms with Gasteiger partial charge >= 0.3 is 0 Å². The Labute approximate surface area is 165 Å². The van der Waals surface area contributed by atoms with Crippen LogP contribution in [-0.2, 0) is 20.7 Å². The zero-order chi connectivity index (χ0) is 20.0. The van der Waals surface area contributed by atoms with Gasteiger partial charge in [0.15, 0.2) is 5.60 Å². The summed E-state index contributed by atoms with van der Waals surface area (Å²) in [6, 6.07) is 11.8. The zero-order valence-electron chi connectivity index (χ0n) is 16.5. The maximum atomic E-state index is 12.9. The average Bonchev–Trinajstić information content (AvgIpc) is 2.74. The molecule has 1 aromatic carbocycles. The standard InChI is InChI=1S/C22H27N3O3/c1-3-7-20(26)25-12-13-28-22(16-25,21(27)23-2)14-17-8-4-5-10-19(17)18-9-6-11-24-15-18/h4-6,8-11,15H,3,7,12-14,16H2,1-2H3,(H,23,27)/t22-/m0/s1. The quantitative estimate of drug-likeness (QED) is 0.834. The number of hydrogen-bond donors (Lipinski definition) is 1. The lowest BCUT2D eigenvalue weighted by Crippen LogP contribution is -2.61. The van der Waals surface area contributed by atoms with E-state index in [1.807, 2.05) is 49.5 Å². The molecule has 2 amide bonds. The third-order valence-electron chi connectivity index (χ3n) is 5.11. The molecule has 0 aliphatic carbocycles. The van der Waals surface area contributed by atoms with Crippen LogP contribution in [0.3, 0.4) is 0 Å². The number of pyridine rings is 1. The summed E-state index contributed by atoms with van der Waals surface area (Å²) in [6.07, 6.45) is 5.19. The summed E-state index contributed by atoms with van der Waals surface area (Å²) in [6.45, 7) is 3.10. The van der Waals surface area contributed by atoms with Crippen LogP contribution in [0.15, 0.2) is 48.8 Å². The molecular weight excluding hydrogens is 354 g/mol. The van der Waals surface area contributed by atoms with Crippen molar-refractivity contribution in [3.05, 3.63) is 54.4 Å². The molecule has 0 unspecified atom stereocenters. The maximum Gasteiger partial charge on any atom is 0.254 e. The summed E-state index contributed by atoms with van der Waals surface area (Å²) in [5, 5.41) is 2.73. The predicted molar refractivity (Wildman–Crippen MR) is 108 cm³/mol. The van der Waals surface area contributed by atoms with Crippen molar-refractivity contribution in [2.45, 2.75) is 31.8 Å². The van der Waals surface area contributed by atoms with Gasteiger partial charge in [0.1, 0.15) is 0 Å². The van der Waals surface area contributed by atoms with E-state index in [9.17, 15) is 9.59 Å². The first kappa shape index (κ1) is 20.0. The summed E-state index contributed by atoms with van der Waals surface area (Å²) in [4.78, 5) is 31.3. The van der Waals surface area contributed by atoms with Gasteiger partial charge in [-0.05, 0) is 23.6 Å². The van der Waals surface area contributed by atoms with Gasteiger partial charge in [0, 0.05) is 44.4 Å². The van der Waals surface area contributed by atoms with Crippen LogP contribution in [0.2, 0.25) is 0 Å². The second-order valence-electron chi connectivity index (χ2n) is 7.06. The van der Waals surface area contributed by atoms with Gasteiger partial charge in [0.25, 0.3) is 5.91 Å². The number of nitrogens with one attached hydrogen (secondary N) is 1. The Morgan fingerprint density at radius 3 is 2.79 bits per heavy atom. The Morgan fingerprint density at radius 2 is 2.07 bits per heavy atom. The highest BCUT2D eigenvalue weighted by Gasteiger charge is 2.44. The third kappa shape index (κ3) is 4.22. The highest BCUT2D eigenvalue weighted by Crippen LogP contribution is 2.30. The Hall–Kier alpha value is -2.73. The van der Waals surface area contributed by atoms with Crippen molar-refractivity contribution in [3.8, 4) is 11.1 Å². The van der Waals surface area contributed by atoms with Crippen LogP contribution < -0.4 is 5.32 Å². The normalized spacial score (nSPS) is 19.3. The maximum absolute atomic E-state index is 12.9. The van der Waals surface area contributed by atoms with E-state index in [4.69, 9.17) is 4.74 Å². The van der Waals surface area contributed by atoms with Crippen LogP contribution >= 0.6 is 0 Å². The highest BCUT2D eigenvalue weighted by molar-refractivity contribution is 5.87. The van der Waals surface area contributed by atoms with Crippen molar-refractivity contribution in [3.63, 3.8) is 0 Å². The number of carbonyl (C=O) groups is 2. The van der Waals surface area contributed by atoms with E-state index in [0.29, 0.717) is 26.0 Å². The summed E-state index contributed by atoms with van der Waals surface area (Å²) < 4.78 is 6.05. The molecule has 1 atom stereocenters. The van der Waals surface area contributed by atoms with Crippen molar-refractivity contribution < 1.29 is 14.3 Å². The van der Waals surface area contributed by atoms with E-state index in [0.717, 1.165) is 23.1 Å². The monoisotopic (exact) mass is 381 g/mol. The van der Waals surface area contributed by atoms with Crippen LogP contribution in [0.1, 0.15) is 25.3 Å². The Balaban J connectivity index is 1.94. The molecule has 0 bridgehead atoms. The van der Waals surface area contributed by atoms with Gasteiger partial charge in [-0.15, -0.1) is 0 Å². The second kappa shape index (κ2) is 8.97. The van der Waals surface area contributed by atoms with Crippen molar-refractivity contribution in [2.75, 3.05) is 26.7 Å². The Kier molecular flexibility index (Phi) is 6.41. The second-order valence-corrected chi connectivity index (χ2v) is 7.06. The van der Waals surface area contributed by atoms with Gasteiger partial charge in [0.2, 0.25) is 5.91 Å². The molecule has 148 valence electrons. The fourth-order valence-electron chi connectivity index (χ4n) is 3.71. The number of carbonyl (C=O) groups excluding carboxylic acids is 2. The number of benzene rings is 1. The molecule has 1 aliphatic rings. The molecule has 1 saturated heterocycles. The number of nitrogens with zero attached hydrogens (tertiary/aromatic N) is 2. The molecule has 6 nitrogen and oxygen atoms in total. The van der Waals surface area contributed by atoms with Crippen molar-refractivity contribution in [1.29, 1.82) is 0 Å². The number of hydrogen-bond acceptors (Lipinski definition) is 4. The van der Waals surface area contributed by atoms with Crippen LogP contribution in [-0.4, -0.2) is 54.0 Å². The van der Waals surface area contributed by atoms with E-state index < -0.39 is 5.60 Å². The minimum atomic E-state index is -1.10. The molecule has 2 heterocycles. The number of morpholine rings is 1. The number of rotatable bonds is 6. The SMILES string of the molecule is CCCC(=O)N1CCO[C@](Cc2ccccc2-c2cccnc2)(C(=O)NC)C1. The van der Waals surface area contributed by atoms with Gasteiger partial charge < -0.3 is 15.0 Å². The lowest BCUT2D eigenvalue weighted by molar-refractivity contribution is -0.165. The zero-order valence-corrected chi connectivity index (χ0v) is 16.5. The minimum absolute atomic E-state index is 0.0691. The van der Waals surface area contributed by atoms with Crippen molar-refractivity contribution in [1.82, 2.24) is 15.2 Å². The predicted octanol–water partition coefficient (Wildman–Crippen LogP) is 2.43. The lowest BCUT2D eigenvalue weighted by Gasteiger charge is -2.41. The molecule has 1 fully saturated rings. The van der Waals surface area contributed by atoms with E-state index >= 15 is 0 Å². The van der Waals surface area contributed by atoms with Gasteiger partial charge in [-0.2, -0.15) is 0 Å². The molecule has 28 heavy (non-hydrogen) atoms. The van der Waals surface area contributed by atoms with E-state index in [1.165, 1.54) is 0 Å². The summed E-state index contributed by atoms with van der Waals surface area (Å²) in [5.41, 5.74) is 1.89. The molecular formula is C22H27N3O3. The van der Waals surface area contributed by atoms with E-state index in [-0.39, 0.29) is 18.4 Å². The van der Waals surface area contributed by atoms with Crippen molar-refractivity contribution >= 4 is 11.8 Å². The van der Waals surface area contributed by atoms with Crippen LogP contribution in [0.4, 0.5) is 0 Å². The van der Waals surface area contributed by atoms with Crippen LogP contribution in [0.5, 0.6) is 0 Å². The number of likely N-dealkylation sites (N-methyl/N-ethyl adjacent to an activating group) is 1. The van der Waals surface area contributed by atoms with Gasteiger partial charge in [0.05, 0.1) is 13.2 Å². The number of aromatic nitrogens is 1. The fraction of sp³-hybridized carbons (Fsp3) is 0.409. The van der Waals surface area contributed by atoms with E-state index in [2.05, 4.69) is 10.3 Å². The number of amides is 2. The van der Waals surface area contributed by atoms with Crippen molar-refractivity contribution in [2.24, 2.45) is 0 Å². The molecule has 0 spiro atoms. The molecule has 2 aromatic rings. The third-order valence-corrected chi connectivity index (χ3v) is 5.11. The molecule has 3 rings (SSSR count). The first-order valence-corrected chi connectivity index (χ1v) is 9.72. The molecule has 1 N–H and O–H groups in total. The van der Waals surface area contributed by atoms with Crippen LogP contribution in [0.25, 0.3) is 11.1 Å². The van der Waals surface area contributed by atoms with Gasteiger partial charge in [-0.1, -0.05) is 37.3 Å². The molecule has 1 aliphatic heterocycles. The molecule has 0 saturated carbocycles. The lowest BCUT2D eigenvalue weighted by atomic mass is 9.87. The molecule has 0 radical (unpaired) electrons. The minimum Gasteiger partial charge on any atom is -0.361 e. The summed E-state index contributed by atoms with van der Waals surface area (Å²) in [7, 11) is 1.60. The number of ether oxygens (including phenoxy) is 1. The van der Waals surface area contributed by atoms with Gasteiger partial charge in [-0.25, -0.2) is 0 Å². The largest absolute Gasteiger partial charge is 0.361 e. The highest BCUT2D eigenvalue weighted by atomic mass is 16.5. The fourth-order valence-corrected chi connectivity index (χ4v) is 3.71. The molecule has 1 aromatic heterocycles. The Morgan fingerprint density at radius 1 is 1.25 bits per heavy atom. The average molecular weight is 381 g/mol. The van der Waals surface area contributed by atoms with Crippen LogP contribution in [0, 0.1) is 0 Å². The van der Waals surface area contributed by atoms with E-state index in [1.54, 1.807) is 18.1 Å².